The molecule has 0 saturated carbocycles. The minimum Gasteiger partial charge on any atom is -0.268 e. The van der Waals surface area contributed by atoms with Crippen molar-refractivity contribution in [1.29, 1.82) is 0 Å². The number of halogens is 1. The lowest BCUT2D eigenvalue weighted by Gasteiger charge is -2.12. The van der Waals surface area contributed by atoms with Crippen molar-refractivity contribution in [3.8, 4) is 0 Å². The molecule has 0 N–H and O–H groups in total. The van der Waals surface area contributed by atoms with Crippen molar-refractivity contribution in [2.45, 2.75) is 23.3 Å². The number of nitro benzene ring substituents is 1. The van der Waals surface area contributed by atoms with E-state index >= 15 is 0 Å². The predicted molar refractivity (Wildman–Crippen MR) is 131 cm³/mol. The molecule has 33 heavy (non-hydrogen) atoms. The van der Waals surface area contributed by atoms with Crippen LogP contribution in [0.3, 0.4) is 0 Å². The zero-order valence-corrected chi connectivity index (χ0v) is 19.7. The van der Waals surface area contributed by atoms with E-state index in [1.54, 1.807) is 36.4 Å². The summed E-state index contributed by atoms with van der Waals surface area (Å²) in [5.74, 6) is -0.439. The van der Waals surface area contributed by atoms with Crippen LogP contribution in [-0.4, -0.2) is 21.0 Å². The summed E-state index contributed by atoms with van der Waals surface area (Å²) in [6, 6.07) is 19.4. The molecule has 0 radical (unpaired) electrons. The van der Waals surface area contributed by atoms with Crippen molar-refractivity contribution >= 4 is 58.0 Å². The number of thioether (sulfide) groups is 1. The number of nitro groups is 1. The molecule has 9 heteroatoms. The number of hydrogen-bond donors (Lipinski definition) is 0. The van der Waals surface area contributed by atoms with E-state index in [1.807, 2.05) is 31.2 Å². The highest BCUT2D eigenvalue weighted by atomic mass is 35.5. The number of aryl methyl sites for hydroxylation is 1. The van der Waals surface area contributed by atoms with Gasteiger partial charge >= 0.3 is 0 Å². The van der Waals surface area contributed by atoms with Crippen LogP contribution in [0.15, 0.2) is 81.4 Å². The van der Waals surface area contributed by atoms with Gasteiger partial charge in [-0.15, -0.1) is 0 Å². The highest BCUT2D eigenvalue weighted by Crippen LogP contribution is 2.38. The second-order valence-electron chi connectivity index (χ2n) is 7.30. The van der Waals surface area contributed by atoms with E-state index in [0.717, 1.165) is 32.7 Å². The third-order valence-electron chi connectivity index (χ3n) is 4.83. The summed E-state index contributed by atoms with van der Waals surface area (Å²) in [5, 5.41) is 11.8. The Morgan fingerprint density at radius 3 is 2.55 bits per heavy atom. The Morgan fingerprint density at radius 2 is 1.85 bits per heavy atom. The van der Waals surface area contributed by atoms with Crippen molar-refractivity contribution in [1.82, 2.24) is 4.90 Å². The first-order valence-electron chi connectivity index (χ1n) is 9.83. The SMILES string of the molecule is Cc1ccc(Sc2ccc(/C=C3\SC(=O)N(Cc4cccc(Cl)c4)C3=O)cc2[N+](=O)[O-])cc1. The summed E-state index contributed by atoms with van der Waals surface area (Å²) in [4.78, 5) is 39.2. The number of carbonyl (C=O) groups is 2. The average Bonchev–Trinajstić information content (AvgIpc) is 3.03. The third kappa shape index (κ3) is 5.47. The molecular formula is C24H17ClN2O4S2. The molecule has 1 heterocycles. The second-order valence-corrected chi connectivity index (χ2v) is 9.84. The molecule has 3 aromatic carbocycles. The fraction of sp³-hybridized carbons (Fsp3) is 0.0833. The van der Waals surface area contributed by atoms with Gasteiger partial charge in [0.05, 0.1) is 21.3 Å². The Balaban J connectivity index is 1.57. The zero-order chi connectivity index (χ0) is 23.5. The first-order chi connectivity index (χ1) is 15.8. The molecule has 2 amide bonds. The number of hydrogen-bond acceptors (Lipinski definition) is 6. The van der Waals surface area contributed by atoms with Crippen LogP contribution in [0.25, 0.3) is 6.08 Å². The third-order valence-corrected chi connectivity index (χ3v) is 7.05. The molecule has 0 atom stereocenters. The summed E-state index contributed by atoms with van der Waals surface area (Å²) >= 11 is 8.10. The van der Waals surface area contributed by atoms with E-state index in [0.29, 0.717) is 15.5 Å². The minimum absolute atomic E-state index is 0.0625. The van der Waals surface area contributed by atoms with Crippen molar-refractivity contribution in [3.05, 3.63) is 103 Å². The zero-order valence-electron chi connectivity index (χ0n) is 17.4. The molecule has 1 aliphatic heterocycles. The second kappa shape index (κ2) is 9.82. The van der Waals surface area contributed by atoms with E-state index in [-0.39, 0.29) is 17.1 Å². The molecule has 0 bridgehead atoms. The highest BCUT2D eigenvalue weighted by molar-refractivity contribution is 8.18. The fourth-order valence-electron chi connectivity index (χ4n) is 3.19. The molecule has 4 rings (SSSR count). The Kier molecular flexibility index (Phi) is 6.88. The summed E-state index contributed by atoms with van der Waals surface area (Å²) in [5.41, 5.74) is 2.25. The van der Waals surface area contributed by atoms with E-state index in [1.165, 1.54) is 23.9 Å². The van der Waals surface area contributed by atoms with Crippen LogP contribution in [0.1, 0.15) is 16.7 Å². The summed E-state index contributed by atoms with van der Waals surface area (Å²) in [6.07, 6.45) is 1.51. The minimum atomic E-state index is -0.446. The molecule has 1 saturated heterocycles. The fourth-order valence-corrected chi connectivity index (χ4v) is 5.14. The number of imide groups is 1. The van der Waals surface area contributed by atoms with Gasteiger partial charge < -0.3 is 0 Å². The summed E-state index contributed by atoms with van der Waals surface area (Å²) in [6.45, 7) is 2.08. The molecular weight excluding hydrogens is 480 g/mol. The first kappa shape index (κ1) is 23.1. The number of carbonyl (C=O) groups excluding carboxylic acids is 2. The van der Waals surface area contributed by atoms with Gasteiger partial charge in [0.15, 0.2) is 0 Å². The summed E-state index contributed by atoms with van der Waals surface area (Å²) in [7, 11) is 0. The summed E-state index contributed by atoms with van der Waals surface area (Å²) < 4.78 is 0. The lowest BCUT2D eigenvalue weighted by molar-refractivity contribution is -0.387. The molecule has 3 aromatic rings. The predicted octanol–water partition coefficient (Wildman–Crippen LogP) is 6.94. The monoisotopic (exact) mass is 496 g/mol. The molecule has 0 aromatic heterocycles. The van der Waals surface area contributed by atoms with Gasteiger partial charge in [0.2, 0.25) is 0 Å². The molecule has 0 spiro atoms. The van der Waals surface area contributed by atoms with Gasteiger partial charge in [-0.3, -0.25) is 24.6 Å². The Bertz CT molecular complexity index is 1290. The largest absolute Gasteiger partial charge is 0.293 e. The van der Waals surface area contributed by atoms with Crippen molar-refractivity contribution in [3.63, 3.8) is 0 Å². The van der Waals surface area contributed by atoms with Crippen LogP contribution in [0, 0.1) is 17.0 Å². The van der Waals surface area contributed by atoms with E-state index < -0.39 is 16.1 Å². The van der Waals surface area contributed by atoms with E-state index in [4.69, 9.17) is 11.6 Å². The standard InChI is InChI=1S/C24H17ClN2O4S2/c1-15-5-8-19(9-6-15)32-21-10-7-16(12-20(21)27(30)31)13-22-23(28)26(24(29)33-22)14-17-3-2-4-18(25)11-17/h2-13H,14H2,1H3/b22-13-. The van der Waals surface area contributed by atoms with Crippen LogP contribution >= 0.6 is 35.1 Å². The Labute approximate surface area is 203 Å². The van der Waals surface area contributed by atoms with Crippen molar-refractivity contribution < 1.29 is 14.5 Å². The lowest BCUT2D eigenvalue weighted by Crippen LogP contribution is -2.27. The molecule has 1 fully saturated rings. The molecule has 1 aliphatic rings. The van der Waals surface area contributed by atoms with Crippen molar-refractivity contribution in [2.24, 2.45) is 0 Å². The lowest BCUT2D eigenvalue weighted by atomic mass is 10.1. The van der Waals surface area contributed by atoms with Gasteiger partial charge in [0.1, 0.15) is 0 Å². The number of amides is 2. The number of nitrogens with zero attached hydrogens (tertiary/aromatic N) is 2. The van der Waals surface area contributed by atoms with Crippen LogP contribution in [0.5, 0.6) is 0 Å². The highest BCUT2D eigenvalue weighted by Gasteiger charge is 2.35. The number of rotatable bonds is 6. The molecule has 0 aliphatic carbocycles. The van der Waals surface area contributed by atoms with Crippen LogP contribution < -0.4 is 0 Å². The number of benzene rings is 3. The maximum Gasteiger partial charge on any atom is 0.293 e. The molecule has 166 valence electrons. The van der Waals surface area contributed by atoms with E-state index in [2.05, 4.69) is 0 Å². The maximum atomic E-state index is 12.8. The first-order valence-corrected chi connectivity index (χ1v) is 11.8. The van der Waals surface area contributed by atoms with Crippen LogP contribution in [0.2, 0.25) is 5.02 Å². The van der Waals surface area contributed by atoms with Gasteiger partial charge in [0.25, 0.3) is 16.8 Å². The quantitative estimate of drug-likeness (QED) is 0.209. The van der Waals surface area contributed by atoms with Gasteiger partial charge in [-0.05, 0) is 66.2 Å². The topological polar surface area (TPSA) is 80.5 Å². The van der Waals surface area contributed by atoms with E-state index in [9.17, 15) is 19.7 Å². The Morgan fingerprint density at radius 1 is 1.09 bits per heavy atom. The van der Waals surface area contributed by atoms with Gasteiger partial charge in [-0.25, -0.2) is 0 Å². The normalized spacial score (nSPS) is 14.8. The van der Waals surface area contributed by atoms with Gasteiger partial charge in [-0.1, -0.05) is 59.3 Å². The van der Waals surface area contributed by atoms with Crippen molar-refractivity contribution in [2.75, 3.05) is 0 Å². The van der Waals surface area contributed by atoms with Gasteiger partial charge in [-0.2, -0.15) is 0 Å². The van der Waals surface area contributed by atoms with Crippen LogP contribution in [-0.2, 0) is 11.3 Å². The molecule has 0 unspecified atom stereocenters. The van der Waals surface area contributed by atoms with Gasteiger partial charge in [0, 0.05) is 16.0 Å². The Hall–Kier alpha value is -3.07. The van der Waals surface area contributed by atoms with Crippen LogP contribution in [0.4, 0.5) is 10.5 Å². The smallest absolute Gasteiger partial charge is 0.268 e. The average molecular weight is 497 g/mol. The molecule has 6 nitrogen and oxygen atoms in total. The maximum absolute atomic E-state index is 12.8.